The highest BCUT2D eigenvalue weighted by Gasteiger charge is 2.26. The molecule has 0 aliphatic carbocycles. The van der Waals surface area contributed by atoms with Gasteiger partial charge in [-0.05, 0) is 44.0 Å². The maximum atomic E-state index is 12.5. The Balaban J connectivity index is 1.94. The number of aryl methyl sites for hydroxylation is 1. The number of rotatable bonds is 8. The summed E-state index contributed by atoms with van der Waals surface area (Å²) in [5.41, 5.74) is 2.26. The number of anilines is 1. The fourth-order valence-electron chi connectivity index (χ4n) is 2.75. The number of hydrogen-bond acceptors (Lipinski definition) is 5. The van der Waals surface area contributed by atoms with Crippen molar-refractivity contribution in [2.75, 3.05) is 11.9 Å². The van der Waals surface area contributed by atoms with Crippen LogP contribution in [0.4, 0.5) is 5.69 Å². The van der Waals surface area contributed by atoms with Crippen molar-refractivity contribution in [1.82, 2.24) is 5.32 Å². The minimum absolute atomic E-state index is 0.123. The van der Waals surface area contributed by atoms with E-state index >= 15 is 0 Å². The highest BCUT2D eigenvalue weighted by atomic mass is 16.5. The molecule has 30 heavy (non-hydrogen) atoms. The predicted octanol–water partition coefficient (Wildman–Crippen LogP) is 3.13. The average Bonchev–Trinajstić information content (AvgIpc) is 2.70. The number of carbonyl (C=O) groups is 4. The van der Waals surface area contributed by atoms with Crippen molar-refractivity contribution in [2.24, 2.45) is 5.92 Å². The molecule has 0 bridgehead atoms. The van der Waals surface area contributed by atoms with E-state index in [2.05, 4.69) is 10.6 Å². The third kappa shape index (κ3) is 6.55. The van der Waals surface area contributed by atoms with Crippen molar-refractivity contribution in [2.45, 2.75) is 33.7 Å². The SMILES string of the molecule is CC(=O)c1cccc(NC(=O)COC(=O)[C@@H](NC(=O)c2cccc(C)c2)C(C)C)c1. The van der Waals surface area contributed by atoms with Crippen molar-refractivity contribution >= 4 is 29.3 Å². The molecule has 2 aromatic carbocycles. The van der Waals surface area contributed by atoms with Crippen LogP contribution in [-0.2, 0) is 14.3 Å². The summed E-state index contributed by atoms with van der Waals surface area (Å²) < 4.78 is 5.11. The smallest absolute Gasteiger partial charge is 0.329 e. The zero-order chi connectivity index (χ0) is 22.3. The third-order valence-corrected chi connectivity index (χ3v) is 4.39. The van der Waals surface area contributed by atoms with Crippen LogP contribution < -0.4 is 10.6 Å². The molecule has 0 saturated heterocycles. The van der Waals surface area contributed by atoms with Crippen LogP contribution in [0.3, 0.4) is 0 Å². The first kappa shape index (κ1) is 22.8. The largest absolute Gasteiger partial charge is 0.454 e. The molecule has 7 nitrogen and oxygen atoms in total. The number of ketones is 1. The van der Waals surface area contributed by atoms with Gasteiger partial charge in [0.05, 0.1) is 0 Å². The Hall–Kier alpha value is -3.48. The number of esters is 1. The summed E-state index contributed by atoms with van der Waals surface area (Å²) in [6.07, 6.45) is 0. The molecule has 0 fully saturated rings. The molecule has 0 spiro atoms. The minimum atomic E-state index is -0.896. The van der Waals surface area contributed by atoms with Crippen LogP contribution >= 0.6 is 0 Å². The van der Waals surface area contributed by atoms with E-state index in [1.165, 1.54) is 6.92 Å². The van der Waals surface area contributed by atoms with Gasteiger partial charge in [-0.2, -0.15) is 0 Å². The Morgan fingerprint density at radius 2 is 1.63 bits per heavy atom. The van der Waals surface area contributed by atoms with Crippen LogP contribution in [-0.4, -0.2) is 36.2 Å². The summed E-state index contributed by atoms with van der Waals surface area (Å²) in [6, 6.07) is 12.6. The van der Waals surface area contributed by atoms with E-state index in [4.69, 9.17) is 4.74 Å². The molecule has 0 aromatic heterocycles. The zero-order valence-corrected chi connectivity index (χ0v) is 17.5. The van der Waals surface area contributed by atoms with E-state index in [9.17, 15) is 19.2 Å². The number of hydrogen-bond donors (Lipinski definition) is 2. The number of nitrogens with one attached hydrogen (secondary N) is 2. The Kier molecular flexibility index (Phi) is 7.86. The Bertz CT molecular complexity index is 952. The molecule has 0 unspecified atom stereocenters. The van der Waals surface area contributed by atoms with E-state index in [0.29, 0.717) is 16.8 Å². The van der Waals surface area contributed by atoms with Crippen molar-refractivity contribution in [3.8, 4) is 0 Å². The first-order valence-electron chi connectivity index (χ1n) is 9.62. The summed E-state index contributed by atoms with van der Waals surface area (Å²) in [5, 5.41) is 5.25. The number of Topliss-reactive ketones (excluding diaryl/α,β-unsaturated/α-hetero) is 1. The second-order valence-corrected chi connectivity index (χ2v) is 7.36. The molecule has 2 N–H and O–H groups in total. The first-order chi connectivity index (χ1) is 14.2. The average molecular weight is 410 g/mol. The second kappa shape index (κ2) is 10.3. The molecule has 158 valence electrons. The number of amides is 2. The highest BCUT2D eigenvalue weighted by molar-refractivity contribution is 5.99. The topological polar surface area (TPSA) is 102 Å². The van der Waals surface area contributed by atoms with Crippen molar-refractivity contribution < 1.29 is 23.9 Å². The molecule has 0 heterocycles. The monoisotopic (exact) mass is 410 g/mol. The van der Waals surface area contributed by atoms with Crippen LogP contribution in [0.1, 0.15) is 47.1 Å². The van der Waals surface area contributed by atoms with Gasteiger partial charge in [0.25, 0.3) is 11.8 Å². The van der Waals surface area contributed by atoms with E-state index in [1.54, 1.807) is 56.3 Å². The Morgan fingerprint density at radius 3 is 2.27 bits per heavy atom. The van der Waals surface area contributed by atoms with Gasteiger partial charge in [0.1, 0.15) is 6.04 Å². The number of carbonyl (C=O) groups excluding carboxylic acids is 4. The van der Waals surface area contributed by atoms with Gasteiger partial charge >= 0.3 is 5.97 Å². The molecule has 0 radical (unpaired) electrons. The van der Waals surface area contributed by atoms with Gasteiger partial charge in [0.15, 0.2) is 12.4 Å². The minimum Gasteiger partial charge on any atom is -0.454 e. The van der Waals surface area contributed by atoms with Crippen molar-refractivity contribution in [3.05, 3.63) is 65.2 Å². The standard InChI is InChI=1S/C23H26N2O5/c1-14(2)21(25-22(28)18-9-5-7-15(3)11-18)23(29)30-13-20(27)24-19-10-6-8-17(12-19)16(4)26/h5-12,14,21H,13H2,1-4H3,(H,24,27)(H,25,28)/t21-/m0/s1. The van der Waals surface area contributed by atoms with E-state index < -0.39 is 24.5 Å². The quantitative estimate of drug-likeness (QED) is 0.514. The predicted molar refractivity (Wildman–Crippen MR) is 113 cm³/mol. The molecule has 2 amide bonds. The van der Waals surface area contributed by atoms with Gasteiger partial charge in [-0.3, -0.25) is 14.4 Å². The Labute approximate surface area is 175 Å². The molecule has 0 aliphatic rings. The van der Waals surface area contributed by atoms with E-state index in [-0.39, 0.29) is 17.6 Å². The lowest BCUT2D eigenvalue weighted by atomic mass is 10.0. The molecule has 0 aliphatic heterocycles. The van der Waals surface area contributed by atoms with Crippen LogP contribution in [0.2, 0.25) is 0 Å². The summed E-state index contributed by atoms with van der Waals surface area (Å²) in [5.74, 6) is -1.99. The summed E-state index contributed by atoms with van der Waals surface area (Å²) in [7, 11) is 0. The van der Waals surface area contributed by atoms with Crippen LogP contribution in [0.15, 0.2) is 48.5 Å². The molecule has 1 atom stereocenters. The molecule has 7 heteroatoms. The van der Waals surface area contributed by atoms with Crippen LogP contribution in [0.5, 0.6) is 0 Å². The molecular formula is C23H26N2O5. The first-order valence-corrected chi connectivity index (χ1v) is 9.62. The van der Waals surface area contributed by atoms with Crippen molar-refractivity contribution in [1.29, 1.82) is 0 Å². The van der Waals surface area contributed by atoms with Gasteiger partial charge in [0.2, 0.25) is 0 Å². The van der Waals surface area contributed by atoms with Gasteiger partial charge in [-0.15, -0.1) is 0 Å². The number of ether oxygens (including phenoxy) is 1. The fraction of sp³-hybridized carbons (Fsp3) is 0.304. The lowest BCUT2D eigenvalue weighted by molar-refractivity contribution is -0.150. The van der Waals surface area contributed by atoms with Gasteiger partial charge in [0, 0.05) is 16.8 Å². The zero-order valence-electron chi connectivity index (χ0n) is 17.5. The van der Waals surface area contributed by atoms with Crippen LogP contribution in [0.25, 0.3) is 0 Å². The summed E-state index contributed by atoms with van der Waals surface area (Å²) >= 11 is 0. The van der Waals surface area contributed by atoms with E-state index in [0.717, 1.165) is 5.56 Å². The Morgan fingerprint density at radius 1 is 0.967 bits per heavy atom. The molecule has 2 rings (SSSR count). The normalized spacial score (nSPS) is 11.5. The van der Waals surface area contributed by atoms with Gasteiger partial charge in [-0.1, -0.05) is 43.7 Å². The maximum absolute atomic E-state index is 12.5. The molecule has 0 saturated carbocycles. The molecule has 2 aromatic rings. The maximum Gasteiger partial charge on any atom is 0.329 e. The summed E-state index contributed by atoms with van der Waals surface area (Å²) in [6.45, 7) is 6.34. The number of benzene rings is 2. The van der Waals surface area contributed by atoms with E-state index in [1.807, 2.05) is 13.0 Å². The third-order valence-electron chi connectivity index (χ3n) is 4.39. The van der Waals surface area contributed by atoms with Gasteiger partial charge < -0.3 is 15.4 Å². The van der Waals surface area contributed by atoms with Crippen molar-refractivity contribution in [3.63, 3.8) is 0 Å². The second-order valence-electron chi connectivity index (χ2n) is 7.36. The van der Waals surface area contributed by atoms with Crippen LogP contribution in [0, 0.1) is 12.8 Å². The molecular weight excluding hydrogens is 384 g/mol. The highest BCUT2D eigenvalue weighted by Crippen LogP contribution is 2.12. The fourth-order valence-corrected chi connectivity index (χ4v) is 2.75. The summed E-state index contributed by atoms with van der Waals surface area (Å²) in [4.78, 5) is 48.5. The lowest BCUT2D eigenvalue weighted by Crippen LogP contribution is -2.46. The lowest BCUT2D eigenvalue weighted by Gasteiger charge is -2.21. The van der Waals surface area contributed by atoms with Gasteiger partial charge in [-0.25, -0.2) is 4.79 Å².